The van der Waals surface area contributed by atoms with E-state index in [9.17, 15) is 5.11 Å². The van der Waals surface area contributed by atoms with E-state index in [-0.39, 0.29) is 6.10 Å². The Morgan fingerprint density at radius 2 is 1.88 bits per heavy atom. The predicted molar refractivity (Wildman–Crippen MR) is 70.4 cm³/mol. The van der Waals surface area contributed by atoms with Gasteiger partial charge < -0.3 is 10.0 Å². The molecule has 0 radical (unpaired) electrons. The number of aryl methyl sites for hydroxylation is 1. The molecule has 1 aromatic carbocycles. The minimum Gasteiger partial charge on any atom is -0.391 e. The number of fused-ring (bicyclic) bond motifs is 1. The van der Waals surface area contributed by atoms with Crippen molar-refractivity contribution in [1.82, 2.24) is 0 Å². The molecule has 1 aromatic rings. The van der Waals surface area contributed by atoms with E-state index in [2.05, 4.69) is 29.2 Å². The number of hydrogen-bond acceptors (Lipinski definition) is 2. The van der Waals surface area contributed by atoms with Crippen LogP contribution < -0.4 is 4.90 Å². The van der Waals surface area contributed by atoms with Crippen LogP contribution in [0.1, 0.15) is 37.7 Å². The summed E-state index contributed by atoms with van der Waals surface area (Å²) in [6.45, 7) is 1.11. The summed E-state index contributed by atoms with van der Waals surface area (Å²) in [5.41, 5.74) is 2.82. The molecule has 1 N–H and O–H groups in total. The Balaban J connectivity index is 1.89. The first kappa shape index (κ1) is 11.1. The summed E-state index contributed by atoms with van der Waals surface area (Å²) in [7, 11) is 0. The summed E-state index contributed by atoms with van der Waals surface area (Å²) in [4.78, 5) is 2.46. The highest BCUT2D eigenvalue weighted by molar-refractivity contribution is 5.56. The molecular formula is C15H21NO. The molecule has 1 heterocycles. The fourth-order valence-electron chi connectivity index (χ4n) is 3.36. The maximum Gasteiger partial charge on any atom is 0.0743 e. The fraction of sp³-hybridized carbons (Fsp3) is 0.600. The summed E-state index contributed by atoms with van der Waals surface area (Å²) in [5, 5.41) is 10.2. The van der Waals surface area contributed by atoms with Gasteiger partial charge in [-0.15, -0.1) is 0 Å². The van der Waals surface area contributed by atoms with Crippen molar-refractivity contribution >= 4 is 5.69 Å². The topological polar surface area (TPSA) is 23.5 Å². The molecule has 1 aliphatic carbocycles. The fourth-order valence-corrected chi connectivity index (χ4v) is 3.36. The molecule has 3 rings (SSSR count). The molecule has 1 aliphatic heterocycles. The standard InChI is InChI=1S/C15H21NO/c17-15-10-4-3-9-14(15)16-11-5-7-12-6-1-2-8-13(12)16/h1-2,6,8,14-15,17H,3-5,7,9-11H2. The highest BCUT2D eigenvalue weighted by Gasteiger charge is 2.31. The van der Waals surface area contributed by atoms with Crippen LogP contribution in [0.15, 0.2) is 24.3 Å². The van der Waals surface area contributed by atoms with Crippen LogP contribution in [0.4, 0.5) is 5.69 Å². The van der Waals surface area contributed by atoms with Gasteiger partial charge in [0.15, 0.2) is 0 Å². The molecule has 17 heavy (non-hydrogen) atoms. The molecule has 2 atom stereocenters. The molecule has 2 aliphatic rings. The zero-order valence-electron chi connectivity index (χ0n) is 10.3. The van der Waals surface area contributed by atoms with Crippen molar-refractivity contribution in [2.75, 3.05) is 11.4 Å². The Morgan fingerprint density at radius 3 is 2.76 bits per heavy atom. The second-order valence-corrected chi connectivity index (χ2v) is 5.34. The molecule has 0 bridgehead atoms. The third kappa shape index (κ3) is 2.06. The van der Waals surface area contributed by atoms with E-state index in [4.69, 9.17) is 0 Å². The Bertz CT molecular complexity index is 390. The summed E-state index contributed by atoms with van der Waals surface area (Å²) < 4.78 is 0. The number of nitrogens with zero attached hydrogens (tertiary/aromatic N) is 1. The van der Waals surface area contributed by atoms with Gasteiger partial charge in [0, 0.05) is 12.2 Å². The van der Waals surface area contributed by atoms with E-state index in [0.29, 0.717) is 6.04 Å². The summed E-state index contributed by atoms with van der Waals surface area (Å²) in [5.74, 6) is 0. The third-order valence-corrected chi connectivity index (χ3v) is 4.24. The van der Waals surface area contributed by atoms with Crippen LogP contribution in [0.5, 0.6) is 0 Å². The average Bonchev–Trinajstić information content (AvgIpc) is 2.39. The van der Waals surface area contributed by atoms with Crippen LogP contribution >= 0.6 is 0 Å². The maximum absolute atomic E-state index is 10.2. The van der Waals surface area contributed by atoms with Gasteiger partial charge in [-0.2, -0.15) is 0 Å². The second kappa shape index (κ2) is 4.69. The molecule has 2 heteroatoms. The first-order valence-electron chi connectivity index (χ1n) is 6.89. The van der Waals surface area contributed by atoms with Crippen molar-refractivity contribution in [1.29, 1.82) is 0 Å². The molecule has 0 saturated heterocycles. The zero-order valence-corrected chi connectivity index (χ0v) is 10.3. The van der Waals surface area contributed by atoms with Crippen molar-refractivity contribution in [3.8, 4) is 0 Å². The van der Waals surface area contributed by atoms with E-state index in [1.165, 1.54) is 36.9 Å². The van der Waals surface area contributed by atoms with Crippen LogP contribution in [0.25, 0.3) is 0 Å². The minimum absolute atomic E-state index is 0.130. The number of para-hydroxylation sites is 1. The maximum atomic E-state index is 10.2. The van der Waals surface area contributed by atoms with Crippen LogP contribution in [-0.4, -0.2) is 23.8 Å². The molecule has 92 valence electrons. The van der Waals surface area contributed by atoms with Gasteiger partial charge in [0.05, 0.1) is 12.1 Å². The van der Waals surface area contributed by atoms with Gasteiger partial charge in [0.2, 0.25) is 0 Å². The van der Waals surface area contributed by atoms with Gasteiger partial charge in [-0.1, -0.05) is 31.0 Å². The highest BCUT2D eigenvalue weighted by Crippen LogP contribution is 2.33. The number of aliphatic hydroxyl groups is 1. The third-order valence-electron chi connectivity index (χ3n) is 4.24. The lowest BCUT2D eigenvalue weighted by Crippen LogP contribution is -2.47. The molecule has 0 aromatic heterocycles. The lowest BCUT2D eigenvalue weighted by atomic mass is 9.89. The molecule has 2 nitrogen and oxygen atoms in total. The molecule has 1 saturated carbocycles. The first-order valence-corrected chi connectivity index (χ1v) is 6.89. The van der Waals surface area contributed by atoms with Crippen LogP contribution in [-0.2, 0) is 6.42 Å². The molecule has 0 amide bonds. The van der Waals surface area contributed by atoms with E-state index >= 15 is 0 Å². The summed E-state index contributed by atoms with van der Waals surface area (Å²) >= 11 is 0. The van der Waals surface area contributed by atoms with Crippen molar-refractivity contribution in [2.24, 2.45) is 0 Å². The summed E-state index contributed by atoms with van der Waals surface area (Å²) in [6, 6.07) is 9.05. The Morgan fingerprint density at radius 1 is 1.06 bits per heavy atom. The SMILES string of the molecule is OC1CCCCC1N1CCCc2ccccc21. The second-order valence-electron chi connectivity index (χ2n) is 5.34. The number of benzene rings is 1. The zero-order chi connectivity index (χ0) is 11.7. The van der Waals surface area contributed by atoms with Crippen molar-refractivity contribution in [2.45, 2.75) is 50.7 Å². The molecule has 1 fully saturated rings. The van der Waals surface area contributed by atoms with E-state index in [1.54, 1.807) is 0 Å². The van der Waals surface area contributed by atoms with Crippen molar-refractivity contribution in [3.05, 3.63) is 29.8 Å². The Hall–Kier alpha value is -1.02. The lowest BCUT2D eigenvalue weighted by molar-refractivity contribution is 0.103. The minimum atomic E-state index is -0.130. The van der Waals surface area contributed by atoms with Crippen LogP contribution in [0.2, 0.25) is 0 Å². The highest BCUT2D eigenvalue weighted by atomic mass is 16.3. The Kier molecular flexibility index (Phi) is 3.06. The number of aliphatic hydroxyl groups excluding tert-OH is 1. The van der Waals surface area contributed by atoms with Crippen LogP contribution in [0, 0.1) is 0 Å². The van der Waals surface area contributed by atoms with Crippen molar-refractivity contribution < 1.29 is 5.11 Å². The van der Waals surface area contributed by atoms with Gasteiger partial charge in [-0.25, -0.2) is 0 Å². The number of anilines is 1. The van der Waals surface area contributed by atoms with E-state index in [0.717, 1.165) is 19.4 Å². The molecular weight excluding hydrogens is 210 g/mol. The average molecular weight is 231 g/mol. The molecule has 0 spiro atoms. The van der Waals surface area contributed by atoms with E-state index < -0.39 is 0 Å². The van der Waals surface area contributed by atoms with Gasteiger partial charge in [0.25, 0.3) is 0 Å². The number of hydrogen-bond donors (Lipinski definition) is 1. The lowest BCUT2D eigenvalue weighted by Gasteiger charge is -2.42. The van der Waals surface area contributed by atoms with Gasteiger partial charge in [-0.3, -0.25) is 0 Å². The molecule has 2 unspecified atom stereocenters. The quantitative estimate of drug-likeness (QED) is 0.803. The van der Waals surface area contributed by atoms with Crippen molar-refractivity contribution in [3.63, 3.8) is 0 Å². The monoisotopic (exact) mass is 231 g/mol. The predicted octanol–water partition coefficient (Wildman–Crippen LogP) is 2.74. The van der Waals surface area contributed by atoms with Gasteiger partial charge in [0.1, 0.15) is 0 Å². The van der Waals surface area contributed by atoms with Gasteiger partial charge >= 0.3 is 0 Å². The van der Waals surface area contributed by atoms with E-state index in [1.807, 2.05) is 0 Å². The smallest absolute Gasteiger partial charge is 0.0743 e. The first-order chi connectivity index (χ1) is 8.36. The van der Waals surface area contributed by atoms with Crippen LogP contribution in [0.3, 0.4) is 0 Å². The van der Waals surface area contributed by atoms with Gasteiger partial charge in [-0.05, 0) is 37.3 Å². The summed E-state index contributed by atoms with van der Waals surface area (Å²) in [6.07, 6.45) is 6.86. The Labute approximate surface area is 103 Å². The largest absolute Gasteiger partial charge is 0.391 e. The normalized spacial score (nSPS) is 28.9. The number of rotatable bonds is 1.